The van der Waals surface area contributed by atoms with Gasteiger partial charge in [0, 0.05) is 56.2 Å². The molecule has 128 valence electrons. The van der Waals surface area contributed by atoms with Crippen LogP contribution >= 0.6 is 0 Å². The third kappa shape index (κ3) is 3.54. The molecule has 6 heteroatoms. The number of methoxy groups -OCH3 is 2. The van der Waals surface area contributed by atoms with Crippen LogP contribution in [0.3, 0.4) is 0 Å². The second-order valence-corrected chi connectivity index (χ2v) is 5.87. The van der Waals surface area contributed by atoms with E-state index < -0.39 is 0 Å². The summed E-state index contributed by atoms with van der Waals surface area (Å²) >= 11 is 0. The van der Waals surface area contributed by atoms with Crippen molar-refractivity contribution in [3.8, 4) is 11.5 Å². The standard InChI is InChI=1S/C18H24N4O2/c1-23-16-12-15(19)11-14(18(16)24-2)13-21-7-9-22(10-8-21)17-5-3-4-6-20-17/h3-6,11-12H,7-10,13,19H2,1-2H3. The molecule has 1 aromatic heterocycles. The highest BCUT2D eigenvalue weighted by Gasteiger charge is 2.20. The van der Waals surface area contributed by atoms with Gasteiger partial charge in [0.05, 0.1) is 14.2 Å². The van der Waals surface area contributed by atoms with Crippen molar-refractivity contribution >= 4 is 11.5 Å². The third-order valence-electron chi connectivity index (χ3n) is 4.32. The van der Waals surface area contributed by atoms with Crippen LogP contribution in [0.15, 0.2) is 36.5 Å². The first-order valence-electron chi connectivity index (χ1n) is 8.10. The maximum Gasteiger partial charge on any atom is 0.165 e. The van der Waals surface area contributed by atoms with Crippen molar-refractivity contribution in [2.45, 2.75) is 6.54 Å². The lowest BCUT2D eigenvalue weighted by Gasteiger charge is -2.35. The van der Waals surface area contributed by atoms with E-state index in [-0.39, 0.29) is 0 Å². The summed E-state index contributed by atoms with van der Waals surface area (Å²) in [5.74, 6) is 2.49. The third-order valence-corrected chi connectivity index (χ3v) is 4.32. The first-order valence-corrected chi connectivity index (χ1v) is 8.10. The van der Waals surface area contributed by atoms with Crippen molar-refractivity contribution in [2.24, 2.45) is 0 Å². The number of aromatic nitrogens is 1. The molecule has 0 aliphatic carbocycles. The van der Waals surface area contributed by atoms with Crippen LogP contribution in [0.2, 0.25) is 0 Å². The van der Waals surface area contributed by atoms with Crippen molar-refractivity contribution in [1.29, 1.82) is 0 Å². The Morgan fingerprint density at radius 1 is 1.08 bits per heavy atom. The summed E-state index contributed by atoms with van der Waals surface area (Å²) in [4.78, 5) is 9.14. The molecule has 2 aromatic rings. The quantitative estimate of drug-likeness (QED) is 0.847. The Morgan fingerprint density at radius 3 is 2.50 bits per heavy atom. The van der Waals surface area contributed by atoms with Crippen LogP contribution < -0.4 is 20.1 Å². The molecule has 1 aliphatic rings. The summed E-state index contributed by atoms with van der Waals surface area (Å²) in [5, 5.41) is 0. The number of benzene rings is 1. The maximum absolute atomic E-state index is 5.99. The number of nitrogens with two attached hydrogens (primary N) is 1. The van der Waals surface area contributed by atoms with Gasteiger partial charge in [-0.25, -0.2) is 4.98 Å². The number of rotatable bonds is 5. The zero-order valence-corrected chi connectivity index (χ0v) is 14.2. The summed E-state index contributed by atoms with van der Waals surface area (Å²) in [6, 6.07) is 9.78. The van der Waals surface area contributed by atoms with Gasteiger partial charge in [0.15, 0.2) is 11.5 Å². The molecular weight excluding hydrogens is 304 g/mol. The van der Waals surface area contributed by atoms with Gasteiger partial charge in [0.1, 0.15) is 5.82 Å². The molecule has 0 unspecified atom stereocenters. The Labute approximate surface area is 142 Å². The monoisotopic (exact) mass is 328 g/mol. The fourth-order valence-corrected chi connectivity index (χ4v) is 3.10. The highest BCUT2D eigenvalue weighted by Crippen LogP contribution is 2.34. The average Bonchev–Trinajstić information content (AvgIpc) is 2.62. The number of nitrogens with zero attached hydrogens (tertiary/aromatic N) is 3. The molecule has 24 heavy (non-hydrogen) atoms. The lowest BCUT2D eigenvalue weighted by atomic mass is 10.1. The second-order valence-electron chi connectivity index (χ2n) is 5.87. The van der Waals surface area contributed by atoms with E-state index >= 15 is 0 Å². The molecule has 1 fully saturated rings. The zero-order valence-electron chi connectivity index (χ0n) is 14.2. The van der Waals surface area contributed by atoms with Crippen molar-refractivity contribution in [3.05, 3.63) is 42.1 Å². The predicted molar refractivity (Wildman–Crippen MR) is 95.7 cm³/mol. The number of nitrogen functional groups attached to an aromatic ring is 1. The van der Waals surface area contributed by atoms with E-state index in [9.17, 15) is 0 Å². The van der Waals surface area contributed by atoms with Gasteiger partial charge in [-0.3, -0.25) is 4.90 Å². The van der Waals surface area contributed by atoms with Gasteiger partial charge in [0.25, 0.3) is 0 Å². The molecule has 1 aromatic carbocycles. The Balaban J connectivity index is 1.67. The Kier molecular flexibility index (Phi) is 5.05. The normalized spacial score (nSPS) is 15.3. The van der Waals surface area contributed by atoms with Gasteiger partial charge in [0.2, 0.25) is 0 Å². The smallest absolute Gasteiger partial charge is 0.165 e. The summed E-state index contributed by atoms with van der Waals surface area (Å²) in [5.41, 5.74) is 7.74. The first-order chi connectivity index (χ1) is 11.7. The van der Waals surface area contributed by atoms with E-state index in [4.69, 9.17) is 15.2 Å². The van der Waals surface area contributed by atoms with Crippen molar-refractivity contribution in [3.63, 3.8) is 0 Å². The van der Waals surface area contributed by atoms with Gasteiger partial charge in [-0.2, -0.15) is 0 Å². The predicted octanol–water partition coefficient (Wildman–Crippen LogP) is 2.00. The maximum atomic E-state index is 5.99. The number of hydrogen-bond donors (Lipinski definition) is 1. The average molecular weight is 328 g/mol. The van der Waals surface area contributed by atoms with Crippen molar-refractivity contribution < 1.29 is 9.47 Å². The lowest BCUT2D eigenvalue weighted by Crippen LogP contribution is -2.46. The highest BCUT2D eigenvalue weighted by molar-refractivity contribution is 5.57. The number of pyridine rings is 1. The van der Waals surface area contributed by atoms with E-state index in [0.717, 1.165) is 49.9 Å². The summed E-state index contributed by atoms with van der Waals surface area (Å²) in [6.45, 7) is 4.64. The number of hydrogen-bond acceptors (Lipinski definition) is 6. The first kappa shape index (κ1) is 16.4. The molecule has 2 heterocycles. The van der Waals surface area contributed by atoms with Crippen LogP contribution in [-0.2, 0) is 6.54 Å². The molecule has 3 rings (SSSR count). The molecule has 0 atom stereocenters. The Morgan fingerprint density at radius 2 is 1.88 bits per heavy atom. The van der Waals surface area contributed by atoms with Gasteiger partial charge in [-0.1, -0.05) is 6.07 Å². The van der Waals surface area contributed by atoms with Gasteiger partial charge in [-0.05, 0) is 18.2 Å². The van der Waals surface area contributed by atoms with E-state index in [1.807, 2.05) is 24.4 Å². The highest BCUT2D eigenvalue weighted by atomic mass is 16.5. The van der Waals surface area contributed by atoms with E-state index in [2.05, 4.69) is 20.9 Å². The number of anilines is 2. The molecule has 0 amide bonds. The van der Waals surface area contributed by atoms with Crippen LogP contribution in [0.4, 0.5) is 11.5 Å². The molecule has 6 nitrogen and oxygen atoms in total. The van der Waals surface area contributed by atoms with Crippen molar-refractivity contribution in [2.75, 3.05) is 51.0 Å². The van der Waals surface area contributed by atoms with Gasteiger partial charge < -0.3 is 20.1 Å². The molecule has 0 radical (unpaired) electrons. The minimum atomic E-state index is 0.680. The summed E-state index contributed by atoms with van der Waals surface area (Å²) in [6.07, 6.45) is 1.84. The SMILES string of the molecule is COc1cc(N)cc(CN2CCN(c3ccccn3)CC2)c1OC. The minimum absolute atomic E-state index is 0.680. The molecule has 0 saturated carbocycles. The van der Waals surface area contributed by atoms with Crippen LogP contribution in [0.1, 0.15) is 5.56 Å². The number of ether oxygens (including phenoxy) is 2. The largest absolute Gasteiger partial charge is 0.493 e. The fourth-order valence-electron chi connectivity index (χ4n) is 3.10. The zero-order chi connectivity index (χ0) is 16.9. The summed E-state index contributed by atoms with van der Waals surface area (Å²) < 4.78 is 10.9. The minimum Gasteiger partial charge on any atom is -0.493 e. The van der Waals surface area contributed by atoms with E-state index in [1.165, 1.54) is 0 Å². The number of piperazine rings is 1. The van der Waals surface area contributed by atoms with Crippen LogP contribution in [0.5, 0.6) is 11.5 Å². The van der Waals surface area contributed by atoms with Crippen LogP contribution in [0.25, 0.3) is 0 Å². The topological polar surface area (TPSA) is 63.9 Å². The fraction of sp³-hybridized carbons (Fsp3) is 0.389. The molecule has 2 N–H and O–H groups in total. The Hall–Kier alpha value is -2.47. The molecule has 0 bridgehead atoms. The van der Waals surface area contributed by atoms with Crippen molar-refractivity contribution in [1.82, 2.24) is 9.88 Å². The second kappa shape index (κ2) is 7.40. The summed E-state index contributed by atoms with van der Waals surface area (Å²) in [7, 11) is 3.29. The van der Waals surface area contributed by atoms with Gasteiger partial charge >= 0.3 is 0 Å². The molecule has 0 spiro atoms. The van der Waals surface area contributed by atoms with Crippen LogP contribution in [0, 0.1) is 0 Å². The lowest BCUT2D eigenvalue weighted by molar-refractivity contribution is 0.244. The Bertz CT molecular complexity index is 670. The van der Waals surface area contributed by atoms with E-state index in [1.54, 1.807) is 20.3 Å². The van der Waals surface area contributed by atoms with Gasteiger partial charge in [-0.15, -0.1) is 0 Å². The molecular formula is C18H24N4O2. The van der Waals surface area contributed by atoms with Crippen LogP contribution in [-0.4, -0.2) is 50.3 Å². The molecule has 1 saturated heterocycles. The molecule has 1 aliphatic heterocycles. The van der Waals surface area contributed by atoms with E-state index in [0.29, 0.717) is 11.4 Å².